The predicted octanol–water partition coefficient (Wildman–Crippen LogP) is 2.05. The van der Waals surface area contributed by atoms with Crippen molar-refractivity contribution in [3.8, 4) is 0 Å². The van der Waals surface area contributed by atoms with Crippen molar-refractivity contribution in [3.63, 3.8) is 0 Å². The molecule has 2 N–H and O–H groups in total. The average Bonchev–Trinajstić information content (AvgIpc) is 2.25. The van der Waals surface area contributed by atoms with Gasteiger partial charge in [0.05, 0.1) is 6.61 Å². The second-order valence-electron chi connectivity index (χ2n) is 3.80. The third-order valence-electron chi connectivity index (χ3n) is 2.34. The van der Waals surface area contributed by atoms with Crippen LogP contribution in [0.5, 0.6) is 0 Å². The number of rotatable bonds is 10. The summed E-state index contributed by atoms with van der Waals surface area (Å²) in [4.78, 5) is 11.1. The van der Waals surface area contributed by atoms with Crippen molar-refractivity contribution in [3.05, 3.63) is 6.92 Å². The Balaban J connectivity index is 3.06. The van der Waals surface area contributed by atoms with E-state index >= 15 is 0 Å². The second-order valence-corrected chi connectivity index (χ2v) is 3.80. The van der Waals surface area contributed by atoms with E-state index in [0.717, 1.165) is 19.3 Å². The fraction of sp³-hybridized carbons (Fsp3) is 0.833. The Morgan fingerprint density at radius 3 is 2.27 bits per heavy atom. The first-order valence-corrected chi connectivity index (χ1v) is 5.98. The molecule has 0 aromatic rings. The first-order chi connectivity index (χ1) is 7.31. The van der Waals surface area contributed by atoms with Gasteiger partial charge in [0.25, 0.3) is 0 Å². The Hall–Kier alpha value is -0.570. The maximum absolute atomic E-state index is 11.1. The summed E-state index contributed by atoms with van der Waals surface area (Å²) in [6, 6.07) is 0. The average molecular weight is 214 g/mol. The van der Waals surface area contributed by atoms with E-state index in [-0.39, 0.29) is 12.5 Å². The molecule has 0 aromatic carbocycles. The van der Waals surface area contributed by atoms with Crippen LogP contribution >= 0.6 is 0 Å². The van der Waals surface area contributed by atoms with E-state index in [1.807, 2.05) is 0 Å². The van der Waals surface area contributed by atoms with E-state index in [1.54, 1.807) is 0 Å². The highest BCUT2D eigenvalue weighted by Gasteiger charge is 1.99. The van der Waals surface area contributed by atoms with Crippen molar-refractivity contribution in [2.45, 2.75) is 51.4 Å². The molecule has 0 aliphatic carbocycles. The number of nitrogens with one attached hydrogen (secondary N) is 1. The van der Waals surface area contributed by atoms with Crippen LogP contribution in [0.2, 0.25) is 0 Å². The van der Waals surface area contributed by atoms with Gasteiger partial charge in [-0.15, -0.1) is 0 Å². The maximum Gasteiger partial charge on any atom is 0.220 e. The molecule has 0 spiro atoms. The number of aliphatic hydroxyl groups excluding tert-OH is 1. The number of hydrogen-bond acceptors (Lipinski definition) is 2. The number of hydrogen-bond donors (Lipinski definition) is 2. The van der Waals surface area contributed by atoms with E-state index in [9.17, 15) is 4.79 Å². The second kappa shape index (κ2) is 11.5. The molecule has 3 heteroatoms. The van der Waals surface area contributed by atoms with Crippen LogP contribution < -0.4 is 5.32 Å². The minimum Gasteiger partial charge on any atom is -0.395 e. The number of unbranched alkanes of at least 4 members (excludes halogenated alkanes) is 6. The van der Waals surface area contributed by atoms with Gasteiger partial charge in [-0.25, -0.2) is 0 Å². The molecule has 0 aliphatic rings. The highest BCUT2D eigenvalue weighted by Crippen LogP contribution is 2.07. The molecule has 1 radical (unpaired) electrons. The minimum atomic E-state index is 0.0246. The lowest BCUT2D eigenvalue weighted by Gasteiger charge is -2.03. The standard InChI is InChI=1S/C12H24NO2/c1-2-3-4-5-6-7-8-9-12(15)13-10-11-14/h14H,1-11H2,(H,13,15). The van der Waals surface area contributed by atoms with Crippen molar-refractivity contribution >= 4 is 5.91 Å². The Morgan fingerprint density at radius 2 is 1.67 bits per heavy atom. The third-order valence-corrected chi connectivity index (χ3v) is 2.34. The van der Waals surface area contributed by atoms with E-state index < -0.39 is 0 Å². The molecule has 15 heavy (non-hydrogen) atoms. The molecule has 0 unspecified atom stereocenters. The minimum absolute atomic E-state index is 0.0246. The Kier molecular flexibility index (Phi) is 11.1. The summed E-state index contributed by atoms with van der Waals surface area (Å²) in [7, 11) is 0. The molecule has 0 aromatic heterocycles. The first kappa shape index (κ1) is 14.4. The van der Waals surface area contributed by atoms with Crippen LogP contribution in [0, 0.1) is 6.92 Å². The van der Waals surface area contributed by atoms with Crippen LogP contribution in [0.15, 0.2) is 0 Å². The van der Waals surface area contributed by atoms with Gasteiger partial charge in [0.2, 0.25) is 5.91 Å². The SMILES string of the molecule is [CH2]CCCCCCCCC(=O)NCCO. The number of aliphatic hydroxyl groups is 1. The first-order valence-electron chi connectivity index (χ1n) is 5.98. The normalized spacial score (nSPS) is 10.3. The summed E-state index contributed by atoms with van der Waals surface area (Å²) in [6.07, 6.45) is 8.67. The molecular weight excluding hydrogens is 190 g/mol. The summed E-state index contributed by atoms with van der Waals surface area (Å²) in [6.45, 7) is 4.20. The van der Waals surface area contributed by atoms with Gasteiger partial charge in [-0.1, -0.05) is 45.4 Å². The van der Waals surface area contributed by atoms with E-state index in [2.05, 4.69) is 12.2 Å². The fourth-order valence-electron chi connectivity index (χ4n) is 1.45. The summed E-state index contributed by atoms with van der Waals surface area (Å²) < 4.78 is 0. The van der Waals surface area contributed by atoms with Gasteiger partial charge in [-0.05, 0) is 6.42 Å². The third kappa shape index (κ3) is 11.4. The largest absolute Gasteiger partial charge is 0.395 e. The lowest BCUT2D eigenvalue weighted by molar-refractivity contribution is -0.121. The van der Waals surface area contributed by atoms with Gasteiger partial charge >= 0.3 is 0 Å². The maximum atomic E-state index is 11.1. The number of amides is 1. The van der Waals surface area contributed by atoms with Gasteiger partial charge in [0, 0.05) is 13.0 Å². The van der Waals surface area contributed by atoms with Crippen LogP contribution in [0.25, 0.3) is 0 Å². The Bertz CT molecular complexity index is 149. The molecule has 0 bridgehead atoms. The van der Waals surface area contributed by atoms with Gasteiger partial charge < -0.3 is 10.4 Å². The van der Waals surface area contributed by atoms with E-state index in [4.69, 9.17) is 5.11 Å². The van der Waals surface area contributed by atoms with Crippen molar-refractivity contribution in [2.24, 2.45) is 0 Å². The van der Waals surface area contributed by atoms with Crippen LogP contribution in [0.4, 0.5) is 0 Å². The molecule has 0 fully saturated rings. The predicted molar refractivity (Wildman–Crippen MR) is 62.4 cm³/mol. The van der Waals surface area contributed by atoms with Crippen molar-refractivity contribution in [2.75, 3.05) is 13.2 Å². The summed E-state index contributed by atoms with van der Waals surface area (Å²) >= 11 is 0. The monoisotopic (exact) mass is 214 g/mol. The molecule has 1 amide bonds. The van der Waals surface area contributed by atoms with Crippen molar-refractivity contribution in [1.29, 1.82) is 0 Å². The molecule has 0 rings (SSSR count). The molecule has 0 saturated carbocycles. The lowest BCUT2D eigenvalue weighted by atomic mass is 10.1. The fourth-order valence-corrected chi connectivity index (χ4v) is 1.45. The van der Waals surface area contributed by atoms with Crippen molar-refractivity contribution in [1.82, 2.24) is 5.32 Å². The Labute approximate surface area is 93.3 Å². The summed E-state index contributed by atoms with van der Waals surface area (Å²) in [5.74, 6) is 0.0572. The van der Waals surface area contributed by atoms with Crippen LogP contribution in [-0.2, 0) is 4.79 Å². The summed E-state index contributed by atoms with van der Waals surface area (Å²) in [5, 5.41) is 11.1. The quantitative estimate of drug-likeness (QED) is 0.547. The summed E-state index contributed by atoms with van der Waals surface area (Å²) in [5.41, 5.74) is 0. The zero-order chi connectivity index (χ0) is 11.4. The molecule has 0 heterocycles. The number of carbonyl (C=O) groups is 1. The molecule has 0 aliphatic heterocycles. The lowest BCUT2D eigenvalue weighted by Crippen LogP contribution is -2.25. The number of carbonyl (C=O) groups excluding carboxylic acids is 1. The van der Waals surface area contributed by atoms with Crippen LogP contribution in [0.1, 0.15) is 51.4 Å². The van der Waals surface area contributed by atoms with E-state index in [0.29, 0.717) is 13.0 Å². The van der Waals surface area contributed by atoms with Gasteiger partial charge in [-0.2, -0.15) is 0 Å². The molecule has 0 atom stereocenters. The topological polar surface area (TPSA) is 49.3 Å². The Morgan fingerprint density at radius 1 is 1.07 bits per heavy atom. The molecule has 89 valence electrons. The molecular formula is C12H24NO2. The zero-order valence-corrected chi connectivity index (χ0v) is 9.63. The van der Waals surface area contributed by atoms with Crippen molar-refractivity contribution < 1.29 is 9.90 Å². The molecule has 3 nitrogen and oxygen atoms in total. The smallest absolute Gasteiger partial charge is 0.220 e. The highest BCUT2D eigenvalue weighted by atomic mass is 16.3. The van der Waals surface area contributed by atoms with E-state index in [1.165, 1.54) is 25.7 Å². The van der Waals surface area contributed by atoms with Gasteiger partial charge in [0.1, 0.15) is 0 Å². The zero-order valence-electron chi connectivity index (χ0n) is 9.63. The molecule has 0 saturated heterocycles. The van der Waals surface area contributed by atoms with Crippen LogP contribution in [0.3, 0.4) is 0 Å². The highest BCUT2D eigenvalue weighted by molar-refractivity contribution is 5.75. The van der Waals surface area contributed by atoms with Gasteiger partial charge in [0.15, 0.2) is 0 Å². The van der Waals surface area contributed by atoms with Crippen LogP contribution in [-0.4, -0.2) is 24.2 Å². The van der Waals surface area contributed by atoms with Gasteiger partial charge in [-0.3, -0.25) is 4.79 Å².